The Kier molecular flexibility index (Phi) is 3.41. The van der Waals surface area contributed by atoms with Gasteiger partial charge in [0.1, 0.15) is 5.75 Å². The van der Waals surface area contributed by atoms with Gasteiger partial charge in [0.2, 0.25) is 5.60 Å². The molecule has 0 saturated heterocycles. The number of benzene rings is 1. The number of allylic oxidation sites excluding steroid dienone is 1. The van der Waals surface area contributed by atoms with Crippen molar-refractivity contribution in [3.05, 3.63) is 42.5 Å². The Labute approximate surface area is 107 Å². The lowest BCUT2D eigenvalue weighted by Gasteiger charge is -2.27. The predicted molar refractivity (Wildman–Crippen MR) is 69.7 cm³/mol. The topological polar surface area (TPSA) is 46.5 Å². The van der Waals surface area contributed by atoms with Gasteiger partial charge in [-0.1, -0.05) is 24.3 Å². The summed E-state index contributed by atoms with van der Waals surface area (Å²) < 4.78 is 5.82. The first kappa shape index (κ1) is 12.7. The van der Waals surface area contributed by atoms with Crippen LogP contribution in [0.3, 0.4) is 0 Å². The average Bonchev–Trinajstić information content (AvgIpc) is 3.16. The van der Waals surface area contributed by atoms with Crippen LogP contribution in [0.5, 0.6) is 5.75 Å². The Balaban J connectivity index is 2.26. The molecule has 1 unspecified atom stereocenters. The highest BCUT2D eigenvalue weighted by Crippen LogP contribution is 2.43. The number of carboxylic acids is 1. The summed E-state index contributed by atoms with van der Waals surface area (Å²) >= 11 is 0. The smallest absolute Gasteiger partial charge is 0.348 e. The minimum absolute atomic E-state index is 0.117. The Morgan fingerprint density at radius 2 is 2.22 bits per heavy atom. The summed E-state index contributed by atoms with van der Waals surface area (Å²) in [5.74, 6) is -0.126. The summed E-state index contributed by atoms with van der Waals surface area (Å²) in [7, 11) is 0. The molecular formula is C15H18O3. The number of ether oxygens (including phenoxy) is 1. The zero-order valence-corrected chi connectivity index (χ0v) is 10.6. The highest BCUT2D eigenvalue weighted by atomic mass is 16.5. The standard InChI is InChI=1S/C15H18O3/c1-3-6-11-7-4-5-8-13(11)18-15(2,14(16)17)12-9-10-12/h3-5,7-8,12H,1,6,9-10H2,2H3,(H,16,17). The van der Waals surface area contributed by atoms with Crippen LogP contribution in [0.2, 0.25) is 0 Å². The van der Waals surface area contributed by atoms with Gasteiger partial charge < -0.3 is 9.84 Å². The molecule has 3 nitrogen and oxygen atoms in total. The molecule has 0 aromatic heterocycles. The number of carboxylic acid groups (broad SMARTS) is 1. The number of para-hydroxylation sites is 1. The van der Waals surface area contributed by atoms with Gasteiger partial charge in [0.05, 0.1) is 0 Å². The normalized spacial score (nSPS) is 17.8. The summed E-state index contributed by atoms with van der Waals surface area (Å²) in [6.45, 7) is 5.37. The number of carbonyl (C=O) groups is 1. The van der Waals surface area contributed by atoms with Crippen LogP contribution >= 0.6 is 0 Å². The first-order chi connectivity index (χ1) is 8.58. The van der Waals surface area contributed by atoms with Gasteiger partial charge in [-0.3, -0.25) is 0 Å². The third-order valence-corrected chi connectivity index (χ3v) is 3.44. The van der Waals surface area contributed by atoms with Crippen molar-refractivity contribution < 1.29 is 14.6 Å². The van der Waals surface area contributed by atoms with E-state index in [1.165, 1.54) is 0 Å². The molecular weight excluding hydrogens is 228 g/mol. The van der Waals surface area contributed by atoms with Gasteiger partial charge in [-0.2, -0.15) is 0 Å². The first-order valence-corrected chi connectivity index (χ1v) is 6.19. The third-order valence-electron chi connectivity index (χ3n) is 3.44. The zero-order valence-electron chi connectivity index (χ0n) is 10.6. The monoisotopic (exact) mass is 246 g/mol. The second-order valence-corrected chi connectivity index (χ2v) is 4.89. The molecule has 0 spiro atoms. The molecule has 1 saturated carbocycles. The fraction of sp³-hybridized carbons (Fsp3) is 0.400. The fourth-order valence-corrected chi connectivity index (χ4v) is 2.09. The summed E-state index contributed by atoms with van der Waals surface area (Å²) in [4.78, 5) is 11.4. The molecule has 2 rings (SSSR count). The van der Waals surface area contributed by atoms with Gasteiger partial charge in [-0.15, -0.1) is 6.58 Å². The van der Waals surface area contributed by atoms with E-state index in [1.54, 1.807) is 13.0 Å². The van der Waals surface area contributed by atoms with Gasteiger partial charge in [-0.25, -0.2) is 4.79 Å². The van der Waals surface area contributed by atoms with E-state index in [4.69, 9.17) is 4.74 Å². The molecule has 96 valence electrons. The summed E-state index contributed by atoms with van der Waals surface area (Å²) in [6, 6.07) is 7.53. The Hall–Kier alpha value is -1.77. The van der Waals surface area contributed by atoms with Crippen molar-refractivity contribution in [2.45, 2.75) is 31.8 Å². The number of hydrogen-bond donors (Lipinski definition) is 1. The highest BCUT2D eigenvalue weighted by Gasteiger charge is 2.50. The molecule has 3 heteroatoms. The summed E-state index contributed by atoms with van der Waals surface area (Å²) in [5.41, 5.74) is -0.141. The van der Waals surface area contributed by atoms with Crippen LogP contribution in [-0.2, 0) is 11.2 Å². The average molecular weight is 246 g/mol. The first-order valence-electron chi connectivity index (χ1n) is 6.19. The van der Waals surface area contributed by atoms with Crippen molar-refractivity contribution >= 4 is 5.97 Å². The van der Waals surface area contributed by atoms with E-state index < -0.39 is 11.6 Å². The Morgan fingerprint density at radius 1 is 1.56 bits per heavy atom. The van der Waals surface area contributed by atoms with Crippen LogP contribution < -0.4 is 4.74 Å². The van der Waals surface area contributed by atoms with Crippen molar-refractivity contribution in [1.82, 2.24) is 0 Å². The third kappa shape index (κ3) is 2.40. The summed E-state index contributed by atoms with van der Waals surface area (Å²) in [5, 5.41) is 9.38. The molecule has 1 fully saturated rings. The second-order valence-electron chi connectivity index (χ2n) is 4.89. The van der Waals surface area contributed by atoms with Crippen LogP contribution in [0, 0.1) is 5.92 Å². The zero-order chi connectivity index (χ0) is 13.2. The molecule has 0 aliphatic heterocycles. The van der Waals surface area contributed by atoms with Crippen molar-refractivity contribution in [3.63, 3.8) is 0 Å². The van der Waals surface area contributed by atoms with E-state index in [-0.39, 0.29) is 5.92 Å². The maximum absolute atomic E-state index is 11.4. The molecule has 1 aromatic rings. The minimum Gasteiger partial charge on any atom is -0.478 e. The maximum Gasteiger partial charge on any atom is 0.348 e. The maximum atomic E-state index is 11.4. The molecule has 0 heterocycles. The largest absolute Gasteiger partial charge is 0.478 e. The van der Waals surface area contributed by atoms with E-state index >= 15 is 0 Å². The molecule has 1 N–H and O–H groups in total. The lowest BCUT2D eigenvalue weighted by molar-refractivity contribution is -0.155. The van der Waals surface area contributed by atoms with Gasteiger partial charge in [0, 0.05) is 5.92 Å². The molecule has 18 heavy (non-hydrogen) atoms. The molecule has 0 bridgehead atoms. The lowest BCUT2D eigenvalue weighted by Crippen LogP contribution is -2.43. The molecule has 1 aliphatic carbocycles. The molecule has 0 amide bonds. The van der Waals surface area contributed by atoms with Crippen molar-refractivity contribution in [1.29, 1.82) is 0 Å². The van der Waals surface area contributed by atoms with Gasteiger partial charge in [0.25, 0.3) is 0 Å². The van der Waals surface area contributed by atoms with Gasteiger partial charge in [-0.05, 0) is 37.8 Å². The molecule has 1 aliphatic rings. The van der Waals surface area contributed by atoms with Crippen LogP contribution in [0.15, 0.2) is 36.9 Å². The van der Waals surface area contributed by atoms with Crippen LogP contribution in [0.1, 0.15) is 25.3 Å². The number of rotatable bonds is 6. The van der Waals surface area contributed by atoms with Crippen molar-refractivity contribution in [2.75, 3.05) is 0 Å². The van der Waals surface area contributed by atoms with E-state index in [0.29, 0.717) is 12.2 Å². The summed E-state index contributed by atoms with van der Waals surface area (Å²) in [6.07, 6.45) is 4.31. The molecule has 0 radical (unpaired) electrons. The fourth-order valence-electron chi connectivity index (χ4n) is 2.09. The van der Waals surface area contributed by atoms with E-state index in [0.717, 1.165) is 18.4 Å². The van der Waals surface area contributed by atoms with Gasteiger partial charge in [0.15, 0.2) is 0 Å². The molecule has 1 atom stereocenters. The second kappa shape index (κ2) is 4.84. The number of hydrogen-bond acceptors (Lipinski definition) is 2. The Bertz CT molecular complexity index is 463. The van der Waals surface area contributed by atoms with Crippen molar-refractivity contribution in [2.24, 2.45) is 5.92 Å². The Morgan fingerprint density at radius 3 is 2.78 bits per heavy atom. The van der Waals surface area contributed by atoms with E-state index in [2.05, 4.69) is 6.58 Å². The predicted octanol–water partition coefficient (Wildman–Crippen LogP) is 3.05. The molecule has 1 aromatic carbocycles. The van der Waals surface area contributed by atoms with Crippen LogP contribution in [0.25, 0.3) is 0 Å². The van der Waals surface area contributed by atoms with Crippen LogP contribution in [0.4, 0.5) is 0 Å². The van der Waals surface area contributed by atoms with E-state index in [1.807, 2.05) is 24.3 Å². The highest BCUT2D eigenvalue weighted by molar-refractivity contribution is 5.78. The van der Waals surface area contributed by atoms with E-state index in [9.17, 15) is 9.90 Å². The lowest BCUT2D eigenvalue weighted by atomic mass is 10.00. The SMILES string of the molecule is C=CCc1ccccc1OC(C)(C(=O)O)C1CC1. The minimum atomic E-state index is -1.11. The number of aliphatic carboxylic acids is 1. The quantitative estimate of drug-likeness (QED) is 0.785. The van der Waals surface area contributed by atoms with Crippen LogP contribution in [-0.4, -0.2) is 16.7 Å². The van der Waals surface area contributed by atoms with Crippen molar-refractivity contribution in [3.8, 4) is 5.75 Å². The van der Waals surface area contributed by atoms with Gasteiger partial charge >= 0.3 is 5.97 Å².